The molecule has 0 aliphatic carbocycles. The standard InChI is InChI=1S/C27H27ClF3N7O4/c1-4-42-23(39)11-10-22-32-36-37(35-22)14-15-12-18(17-6-5-7-21(40-2)24(17)41-3)19-13-16(28)8-9-20(19)38-25(15)33-34-26(38)27(29,30)31/h5-9,13,15,18H,4,10-12,14H2,1-3H3/t15-,18-/m0/s1. The van der Waals surface area contributed by atoms with Crippen molar-refractivity contribution in [3.05, 3.63) is 70.0 Å². The van der Waals surface area contributed by atoms with E-state index in [0.717, 1.165) is 4.57 Å². The lowest BCUT2D eigenvalue weighted by molar-refractivity contribution is -0.146. The van der Waals surface area contributed by atoms with Gasteiger partial charge in [-0.05, 0) is 48.4 Å². The topological polar surface area (TPSA) is 119 Å². The fourth-order valence-electron chi connectivity index (χ4n) is 5.24. The number of hydrogen-bond donors (Lipinski definition) is 0. The van der Waals surface area contributed by atoms with Crippen LogP contribution in [0.3, 0.4) is 0 Å². The summed E-state index contributed by atoms with van der Waals surface area (Å²) in [6.07, 6.45) is -4.25. The molecular weight excluding hydrogens is 579 g/mol. The molecule has 11 nitrogen and oxygen atoms in total. The van der Waals surface area contributed by atoms with E-state index in [0.29, 0.717) is 33.5 Å². The number of fused-ring (bicyclic) bond motifs is 3. The summed E-state index contributed by atoms with van der Waals surface area (Å²) < 4.78 is 59.9. The molecule has 2 atom stereocenters. The smallest absolute Gasteiger partial charge is 0.452 e. The summed E-state index contributed by atoms with van der Waals surface area (Å²) in [7, 11) is 3.01. The predicted molar refractivity (Wildman–Crippen MR) is 143 cm³/mol. The summed E-state index contributed by atoms with van der Waals surface area (Å²) in [6, 6.07) is 10.1. The van der Waals surface area contributed by atoms with Crippen molar-refractivity contribution in [2.45, 2.75) is 50.7 Å². The van der Waals surface area contributed by atoms with Gasteiger partial charge in [-0.25, -0.2) is 0 Å². The first-order valence-corrected chi connectivity index (χ1v) is 13.5. The van der Waals surface area contributed by atoms with Gasteiger partial charge in [-0.1, -0.05) is 23.7 Å². The van der Waals surface area contributed by atoms with Crippen molar-refractivity contribution in [1.82, 2.24) is 35.0 Å². The first kappa shape index (κ1) is 29.3. The highest BCUT2D eigenvalue weighted by Crippen LogP contribution is 2.48. The number of ether oxygens (including phenoxy) is 3. The van der Waals surface area contributed by atoms with Crippen molar-refractivity contribution in [2.24, 2.45) is 0 Å². The van der Waals surface area contributed by atoms with Crippen molar-refractivity contribution < 1.29 is 32.2 Å². The monoisotopic (exact) mass is 605 g/mol. The molecule has 0 spiro atoms. The van der Waals surface area contributed by atoms with Crippen LogP contribution in [0.5, 0.6) is 11.5 Å². The van der Waals surface area contributed by atoms with E-state index in [4.69, 9.17) is 25.8 Å². The van der Waals surface area contributed by atoms with Gasteiger partial charge in [-0.3, -0.25) is 9.36 Å². The number of carbonyl (C=O) groups excluding carboxylic acids is 1. The molecule has 0 radical (unpaired) electrons. The molecule has 2 aromatic heterocycles. The van der Waals surface area contributed by atoms with Gasteiger partial charge in [0.15, 0.2) is 17.3 Å². The number of tetrazole rings is 1. The summed E-state index contributed by atoms with van der Waals surface area (Å²) in [4.78, 5) is 13.0. The third-order valence-corrected chi connectivity index (χ3v) is 7.21. The van der Waals surface area contributed by atoms with Crippen LogP contribution in [0.15, 0.2) is 36.4 Å². The number of esters is 1. The second-order valence-corrected chi connectivity index (χ2v) is 9.99. The molecule has 3 heterocycles. The Labute approximate surface area is 243 Å². The number of methoxy groups -OCH3 is 2. The van der Waals surface area contributed by atoms with Gasteiger partial charge < -0.3 is 14.2 Å². The highest BCUT2D eigenvalue weighted by molar-refractivity contribution is 6.30. The van der Waals surface area contributed by atoms with Gasteiger partial charge in [0.25, 0.3) is 0 Å². The van der Waals surface area contributed by atoms with E-state index in [1.165, 1.54) is 31.1 Å². The van der Waals surface area contributed by atoms with Gasteiger partial charge in [-0.15, -0.1) is 20.4 Å². The van der Waals surface area contributed by atoms with Gasteiger partial charge in [0, 0.05) is 28.8 Å². The molecule has 0 fully saturated rings. The Kier molecular flexibility index (Phi) is 8.34. The number of aromatic nitrogens is 7. The van der Waals surface area contributed by atoms with Crippen LogP contribution in [0.25, 0.3) is 5.69 Å². The van der Waals surface area contributed by atoms with Crippen molar-refractivity contribution in [2.75, 3.05) is 20.8 Å². The third kappa shape index (κ3) is 5.75. The molecule has 222 valence electrons. The average Bonchev–Trinajstić information content (AvgIpc) is 3.58. The fraction of sp³-hybridized carbons (Fsp3) is 0.407. The van der Waals surface area contributed by atoms with Gasteiger partial charge in [0.1, 0.15) is 5.82 Å². The van der Waals surface area contributed by atoms with E-state index < -0.39 is 29.8 Å². The molecule has 4 aromatic rings. The first-order valence-electron chi connectivity index (χ1n) is 13.1. The van der Waals surface area contributed by atoms with Crippen LogP contribution in [-0.4, -0.2) is 61.8 Å². The molecule has 42 heavy (non-hydrogen) atoms. The number of aryl methyl sites for hydroxylation is 1. The van der Waals surface area contributed by atoms with Crippen molar-refractivity contribution >= 4 is 17.6 Å². The maximum atomic E-state index is 14.3. The van der Waals surface area contributed by atoms with E-state index in [9.17, 15) is 18.0 Å². The van der Waals surface area contributed by atoms with Crippen LogP contribution in [0.1, 0.15) is 60.2 Å². The number of carbonyl (C=O) groups is 1. The van der Waals surface area contributed by atoms with Crippen LogP contribution >= 0.6 is 11.6 Å². The molecule has 0 N–H and O–H groups in total. The Hall–Kier alpha value is -4.20. The molecule has 5 rings (SSSR count). The number of halogens is 4. The molecule has 1 aliphatic rings. The predicted octanol–water partition coefficient (Wildman–Crippen LogP) is 4.76. The summed E-state index contributed by atoms with van der Waals surface area (Å²) >= 11 is 6.40. The van der Waals surface area contributed by atoms with Gasteiger partial charge in [0.2, 0.25) is 5.82 Å². The number of nitrogens with zero attached hydrogens (tertiary/aromatic N) is 7. The number of benzene rings is 2. The zero-order valence-corrected chi connectivity index (χ0v) is 23.7. The van der Waals surface area contributed by atoms with Crippen LogP contribution in [0.4, 0.5) is 13.2 Å². The Balaban J connectivity index is 1.62. The molecule has 2 aromatic carbocycles. The Morgan fingerprint density at radius 1 is 1.10 bits per heavy atom. The highest BCUT2D eigenvalue weighted by Gasteiger charge is 2.43. The van der Waals surface area contributed by atoms with Crippen LogP contribution in [-0.2, 0) is 28.7 Å². The van der Waals surface area contributed by atoms with E-state index in [2.05, 4.69) is 25.6 Å². The SMILES string of the molecule is CCOC(=O)CCc1nnn(C[C@@H]2C[C@@H](c3cccc(OC)c3OC)c3cc(Cl)ccc3-n3c2nnc3C(F)(F)F)n1. The number of rotatable bonds is 9. The molecule has 15 heteroatoms. The molecular formula is C27H27ClF3N7O4. The van der Waals surface area contributed by atoms with Crippen molar-refractivity contribution in [3.63, 3.8) is 0 Å². The minimum absolute atomic E-state index is 0.0346. The Morgan fingerprint density at radius 3 is 2.62 bits per heavy atom. The highest BCUT2D eigenvalue weighted by atomic mass is 35.5. The lowest BCUT2D eigenvalue weighted by Gasteiger charge is -2.24. The zero-order valence-electron chi connectivity index (χ0n) is 22.9. The minimum Gasteiger partial charge on any atom is -0.493 e. The zero-order chi connectivity index (χ0) is 30.0. The Bertz CT molecular complexity index is 1590. The lowest BCUT2D eigenvalue weighted by Crippen LogP contribution is -2.18. The van der Waals surface area contributed by atoms with Crippen molar-refractivity contribution in [3.8, 4) is 17.2 Å². The molecule has 0 unspecified atom stereocenters. The van der Waals surface area contributed by atoms with Gasteiger partial charge in [0.05, 0.1) is 39.5 Å². The number of alkyl halides is 3. The molecule has 0 saturated heterocycles. The van der Waals surface area contributed by atoms with Crippen molar-refractivity contribution in [1.29, 1.82) is 0 Å². The normalized spacial score (nSPS) is 16.4. The fourth-order valence-corrected chi connectivity index (χ4v) is 5.42. The van der Waals surface area contributed by atoms with Gasteiger partial charge in [-0.2, -0.15) is 18.0 Å². The van der Waals surface area contributed by atoms with Gasteiger partial charge >= 0.3 is 12.1 Å². The quantitative estimate of drug-likeness (QED) is 0.249. The summed E-state index contributed by atoms with van der Waals surface area (Å²) in [5.74, 6) is -1.41. The summed E-state index contributed by atoms with van der Waals surface area (Å²) in [6.45, 7) is 2.00. The molecule has 0 amide bonds. The number of para-hydroxylation sites is 1. The van der Waals surface area contributed by atoms with E-state index >= 15 is 0 Å². The Morgan fingerprint density at radius 2 is 1.90 bits per heavy atom. The third-order valence-electron chi connectivity index (χ3n) is 6.98. The van der Waals surface area contributed by atoms with E-state index in [-0.39, 0.29) is 43.9 Å². The van der Waals surface area contributed by atoms with E-state index in [1.54, 1.807) is 25.1 Å². The first-order chi connectivity index (χ1) is 20.1. The van der Waals surface area contributed by atoms with E-state index in [1.807, 2.05) is 6.07 Å². The second-order valence-electron chi connectivity index (χ2n) is 9.55. The lowest BCUT2D eigenvalue weighted by atomic mass is 9.83. The maximum absolute atomic E-state index is 14.3. The number of hydrogen-bond acceptors (Lipinski definition) is 9. The van der Waals surface area contributed by atoms with Crippen LogP contribution < -0.4 is 9.47 Å². The largest absolute Gasteiger partial charge is 0.493 e. The maximum Gasteiger partial charge on any atom is 0.452 e. The molecule has 0 saturated carbocycles. The summed E-state index contributed by atoms with van der Waals surface area (Å²) in [5.41, 5.74) is 1.47. The minimum atomic E-state index is -4.79. The summed E-state index contributed by atoms with van der Waals surface area (Å²) in [5, 5.41) is 20.4. The second kappa shape index (κ2) is 12.0. The molecule has 0 bridgehead atoms. The molecule has 1 aliphatic heterocycles. The van der Waals surface area contributed by atoms with Crippen LogP contribution in [0.2, 0.25) is 5.02 Å². The average molecular weight is 606 g/mol. The van der Waals surface area contributed by atoms with Crippen LogP contribution in [0, 0.1) is 0 Å².